The molecule has 0 aromatic carbocycles. The molecule has 1 heterocycles. The molecule has 0 unspecified atom stereocenters. The van der Waals surface area contributed by atoms with Gasteiger partial charge in [-0.3, -0.25) is 14.7 Å². The fraction of sp³-hybridized carbons (Fsp3) is 0.905. The van der Waals surface area contributed by atoms with Crippen molar-refractivity contribution < 1.29 is 9.53 Å². The highest BCUT2D eigenvalue weighted by atomic mass is 127. The van der Waals surface area contributed by atoms with Gasteiger partial charge in [0, 0.05) is 72.4 Å². The average molecular weight is 521 g/mol. The molecule has 8 heteroatoms. The average Bonchev–Trinajstić information content (AvgIpc) is 3.38. The molecule has 0 atom stereocenters. The number of guanidine groups is 1. The van der Waals surface area contributed by atoms with E-state index in [0.717, 1.165) is 83.7 Å². The van der Waals surface area contributed by atoms with Gasteiger partial charge in [0.15, 0.2) is 5.96 Å². The minimum Gasteiger partial charge on any atom is -0.379 e. The molecule has 1 aliphatic heterocycles. The molecule has 29 heavy (non-hydrogen) atoms. The maximum Gasteiger partial charge on any atom is 0.225 e. The summed E-state index contributed by atoms with van der Waals surface area (Å²) in [5.41, 5.74) is 0. The van der Waals surface area contributed by atoms with E-state index in [2.05, 4.69) is 32.1 Å². The molecule has 1 N–H and O–H groups in total. The monoisotopic (exact) mass is 521 g/mol. The van der Waals surface area contributed by atoms with Crippen molar-refractivity contribution in [2.75, 3.05) is 73.1 Å². The van der Waals surface area contributed by atoms with Crippen LogP contribution in [0.4, 0.5) is 0 Å². The number of amides is 1. The van der Waals surface area contributed by atoms with Crippen LogP contribution in [-0.2, 0) is 9.53 Å². The second-order valence-corrected chi connectivity index (χ2v) is 8.56. The minimum absolute atomic E-state index is 0. The second kappa shape index (κ2) is 12.9. The summed E-state index contributed by atoms with van der Waals surface area (Å²) in [5.74, 6) is 2.45. The van der Waals surface area contributed by atoms with E-state index in [9.17, 15) is 4.79 Å². The van der Waals surface area contributed by atoms with Crippen LogP contribution in [0, 0.1) is 11.8 Å². The van der Waals surface area contributed by atoms with Crippen LogP contribution in [-0.4, -0.2) is 99.7 Å². The maximum atomic E-state index is 12.5. The Hall–Kier alpha value is -0.610. The number of aliphatic imine (C=N–C) groups is 1. The van der Waals surface area contributed by atoms with Crippen molar-refractivity contribution in [3.63, 3.8) is 0 Å². The largest absolute Gasteiger partial charge is 0.379 e. The summed E-state index contributed by atoms with van der Waals surface area (Å²) in [4.78, 5) is 23.6. The van der Waals surface area contributed by atoms with Gasteiger partial charge in [-0.25, -0.2) is 0 Å². The van der Waals surface area contributed by atoms with Crippen molar-refractivity contribution in [3.8, 4) is 0 Å². The molecule has 0 spiro atoms. The number of hydrogen-bond donors (Lipinski definition) is 1. The first kappa shape index (κ1) is 24.7. The number of rotatable bonds is 9. The molecule has 0 radical (unpaired) electrons. The van der Waals surface area contributed by atoms with E-state index in [1.54, 1.807) is 0 Å². The van der Waals surface area contributed by atoms with E-state index in [4.69, 9.17) is 4.74 Å². The Morgan fingerprint density at radius 2 is 1.83 bits per heavy atom. The Morgan fingerprint density at radius 1 is 1.14 bits per heavy atom. The van der Waals surface area contributed by atoms with E-state index in [0.29, 0.717) is 11.8 Å². The molecule has 1 amide bonds. The summed E-state index contributed by atoms with van der Waals surface area (Å²) in [7, 11) is 3.89. The highest BCUT2D eigenvalue weighted by Crippen LogP contribution is 2.28. The van der Waals surface area contributed by atoms with Crippen molar-refractivity contribution in [2.45, 2.75) is 38.5 Å². The molecule has 168 valence electrons. The first-order valence-electron chi connectivity index (χ1n) is 11.2. The fourth-order valence-electron chi connectivity index (χ4n) is 4.18. The number of likely N-dealkylation sites (N-methyl/N-ethyl adjacent to an activating group) is 1. The molecule has 3 aliphatic rings. The van der Waals surface area contributed by atoms with Crippen LogP contribution in [0.3, 0.4) is 0 Å². The Morgan fingerprint density at radius 3 is 2.45 bits per heavy atom. The van der Waals surface area contributed by atoms with Crippen molar-refractivity contribution in [3.05, 3.63) is 0 Å². The van der Waals surface area contributed by atoms with Crippen LogP contribution in [0.15, 0.2) is 4.99 Å². The van der Waals surface area contributed by atoms with E-state index < -0.39 is 0 Å². The first-order valence-corrected chi connectivity index (χ1v) is 11.2. The van der Waals surface area contributed by atoms with Crippen LogP contribution < -0.4 is 5.32 Å². The molecule has 1 saturated heterocycles. The smallest absolute Gasteiger partial charge is 0.225 e. The number of nitrogens with one attached hydrogen (secondary N) is 1. The zero-order chi connectivity index (χ0) is 19.8. The second-order valence-electron chi connectivity index (χ2n) is 8.56. The Kier molecular flexibility index (Phi) is 11.0. The van der Waals surface area contributed by atoms with Gasteiger partial charge in [-0.05, 0) is 31.6 Å². The molecular formula is C21H40IN5O2. The molecule has 7 nitrogen and oxygen atoms in total. The van der Waals surface area contributed by atoms with E-state index in [1.807, 2.05) is 7.05 Å². The number of nitrogens with zero attached hydrogens (tertiary/aromatic N) is 4. The minimum atomic E-state index is 0. The topological polar surface area (TPSA) is 60.4 Å². The standard InChI is InChI=1S/C21H39N5O2.HI/c1-22-21(24(2)15-16-28-17-18-7-8-18)23-9-10-25-11-13-26(14-12-25)20(27)19-5-3-4-6-19;/h18-19H,3-17H2,1-2H3,(H,22,23);1H. The number of halogens is 1. The van der Waals surface area contributed by atoms with E-state index >= 15 is 0 Å². The molecule has 0 bridgehead atoms. The third kappa shape index (κ3) is 8.20. The third-order valence-corrected chi connectivity index (χ3v) is 6.29. The SMILES string of the molecule is CN=C(NCCN1CCN(C(=O)C2CCCC2)CC1)N(C)CCOCC1CC1.I. The van der Waals surface area contributed by atoms with Crippen LogP contribution >= 0.6 is 24.0 Å². The summed E-state index contributed by atoms with van der Waals surface area (Å²) in [6.07, 6.45) is 7.32. The lowest BCUT2D eigenvalue weighted by Gasteiger charge is -2.36. The molecule has 2 aliphatic carbocycles. The first-order chi connectivity index (χ1) is 13.7. The Bertz CT molecular complexity index is 515. The normalized spacial score (nSPS) is 21.2. The lowest BCUT2D eigenvalue weighted by atomic mass is 10.1. The predicted molar refractivity (Wildman–Crippen MR) is 128 cm³/mol. The summed E-state index contributed by atoms with van der Waals surface area (Å²) in [6, 6.07) is 0. The highest BCUT2D eigenvalue weighted by Gasteiger charge is 2.29. The lowest BCUT2D eigenvalue weighted by Crippen LogP contribution is -2.52. The van der Waals surface area contributed by atoms with Gasteiger partial charge in [0.2, 0.25) is 5.91 Å². The van der Waals surface area contributed by atoms with E-state index in [-0.39, 0.29) is 24.0 Å². The van der Waals surface area contributed by atoms with Gasteiger partial charge in [0.1, 0.15) is 0 Å². The van der Waals surface area contributed by atoms with Gasteiger partial charge in [0.25, 0.3) is 0 Å². The third-order valence-electron chi connectivity index (χ3n) is 6.29. The van der Waals surface area contributed by atoms with Gasteiger partial charge in [-0.1, -0.05) is 12.8 Å². The van der Waals surface area contributed by atoms with Gasteiger partial charge >= 0.3 is 0 Å². The molecule has 0 aromatic rings. The van der Waals surface area contributed by atoms with Crippen molar-refractivity contribution in [1.82, 2.24) is 20.0 Å². The maximum absolute atomic E-state index is 12.5. The number of carbonyl (C=O) groups is 1. The summed E-state index contributed by atoms with van der Waals surface area (Å²) in [5, 5.41) is 3.46. The van der Waals surface area contributed by atoms with Crippen molar-refractivity contribution in [1.29, 1.82) is 0 Å². The molecule has 3 fully saturated rings. The fourth-order valence-corrected chi connectivity index (χ4v) is 4.18. The van der Waals surface area contributed by atoms with Gasteiger partial charge < -0.3 is 19.9 Å². The summed E-state index contributed by atoms with van der Waals surface area (Å²) in [6.45, 7) is 8.08. The van der Waals surface area contributed by atoms with Gasteiger partial charge in [0.05, 0.1) is 6.61 Å². The number of hydrogen-bond acceptors (Lipinski definition) is 4. The van der Waals surface area contributed by atoms with Gasteiger partial charge in [-0.2, -0.15) is 0 Å². The van der Waals surface area contributed by atoms with Crippen LogP contribution in [0.2, 0.25) is 0 Å². The van der Waals surface area contributed by atoms with Crippen LogP contribution in [0.5, 0.6) is 0 Å². The Labute approximate surface area is 193 Å². The zero-order valence-corrected chi connectivity index (χ0v) is 20.6. The molecular weight excluding hydrogens is 481 g/mol. The van der Waals surface area contributed by atoms with Crippen molar-refractivity contribution in [2.24, 2.45) is 16.8 Å². The lowest BCUT2D eigenvalue weighted by molar-refractivity contribution is -0.137. The Balaban J connectivity index is 0.00000300. The highest BCUT2D eigenvalue weighted by molar-refractivity contribution is 14.0. The molecule has 3 rings (SSSR count). The molecule has 2 saturated carbocycles. The zero-order valence-electron chi connectivity index (χ0n) is 18.3. The molecule has 0 aromatic heterocycles. The van der Waals surface area contributed by atoms with Gasteiger partial charge in [-0.15, -0.1) is 24.0 Å². The van der Waals surface area contributed by atoms with Crippen LogP contribution in [0.25, 0.3) is 0 Å². The summed E-state index contributed by atoms with van der Waals surface area (Å²) >= 11 is 0. The summed E-state index contributed by atoms with van der Waals surface area (Å²) < 4.78 is 5.72. The quantitative estimate of drug-likeness (QED) is 0.217. The predicted octanol–water partition coefficient (Wildman–Crippen LogP) is 1.87. The number of ether oxygens (including phenoxy) is 1. The van der Waals surface area contributed by atoms with Crippen molar-refractivity contribution >= 4 is 35.8 Å². The number of piperazine rings is 1. The van der Waals surface area contributed by atoms with Crippen LogP contribution in [0.1, 0.15) is 38.5 Å². The van der Waals surface area contributed by atoms with E-state index in [1.165, 1.54) is 25.7 Å². The number of carbonyl (C=O) groups excluding carboxylic acids is 1.